The lowest BCUT2D eigenvalue weighted by Crippen LogP contribution is -2.27. The molecule has 0 atom stereocenters. The molecule has 3 rings (SSSR count). The van der Waals surface area contributed by atoms with Crippen molar-refractivity contribution in [1.82, 2.24) is 8.87 Å². The van der Waals surface area contributed by atoms with Crippen LogP contribution in [0, 0.1) is 13.8 Å². The third-order valence-electron chi connectivity index (χ3n) is 5.07. The highest BCUT2D eigenvalue weighted by Crippen LogP contribution is 2.23. The first-order chi connectivity index (χ1) is 14.1. The summed E-state index contributed by atoms with van der Waals surface area (Å²) in [5.74, 6) is -0.394. The Morgan fingerprint density at radius 1 is 1.17 bits per heavy atom. The topological polar surface area (TPSA) is 71.7 Å². The number of aryl methyl sites for hydroxylation is 3. The molecule has 8 heteroatoms. The van der Waals surface area contributed by atoms with Gasteiger partial charge in [-0.1, -0.05) is 30.7 Å². The first-order valence-corrected chi connectivity index (χ1v) is 12.1. The summed E-state index contributed by atoms with van der Waals surface area (Å²) in [4.78, 5) is 17.8. The first kappa shape index (κ1) is 22.4. The molecule has 160 valence electrons. The van der Waals surface area contributed by atoms with Crippen molar-refractivity contribution < 1.29 is 13.2 Å². The van der Waals surface area contributed by atoms with Gasteiger partial charge in [0.05, 0.1) is 15.1 Å². The lowest BCUT2D eigenvalue weighted by molar-refractivity contribution is 0.0998. The molecule has 0 saturated carbocycles. The predicted molar refractivity (Wildman–Crippen MR) is 121 cm³/mol. The number of hydrogen-bond acceptors (Lipinski definition) is 4. The number of nitrogens with zero attached hydrogens (tertiary/aromatic N) is 3. The zero-order chi connectivity index (χ0) is 22.1. The van der Waals surface area contributed by atoms with Crippen LogP contribution in [-0.2, 0) is 17.1 Å². The molecule has 0 N–H and O–H groups in total. The highest BCUT2D eigenvalue weighted by atomic mass is 32.2. The molecule has 0 fully saturated rings. The Morgan fingerprint density at radius 3 is 2.47 bits per heavy atom. The maximum atomic E-state index is 12.7. The van der Waals surface area contributed by atoms with E-state index < -0.39 is 15.9 Å². The number of aromatic nitrogens is 1. The number of carbonyl (C=O) groups excluding carboxylic acids is 1. The monoisotopic (exact) mass is 445 g/mol. The Labute approximate surface area is 181 Å². The average Bonchev–Trinajstić information content (AvgIpc) is 3.02. The van der Waals surface area contributed by atoms with Gasteiger partial charge in [-0.15, -0.1) is 0 Å². The van der Waals surface area contributed by atoms with Crippen LogP contribution in [0.3, 0.4) is 0 Å². The number of sulfonamides is 1. The summed E-state index contributed by atoms with van der Waals surface area (Å²) >= 11 is 1.47. The molecular weight excluding hydrogens is 418 g/mol. The third kappa shape index (κ3) is 4.40. The largest absolute Gasteiger partial charge is 0.319 e. The fourth-order valence-corrected chi connectivity index (χ4v) is 5.55. The van der Waals surface area contributed by atoms with E-state index in [0.717, 1.165) is 34.2 Å². The molecule has 3 aromatic rings. The zero-order valence-electron chi connectivity index (χ0n) is 18.0. The van der Waals surface area contributed by atoms with Gasteiger partial charge in [0, 0.05) is 26.2 Å². The van der Waals surface area contributed by atoms with Gasteiger partial charge >= 0.3 is 0 Å². The summed E-state index contributed by atoms with van der Waals surface area (Å²) in [5, 5.41) is 0. The number of fused-ring (bicyclic) bond motifs is 1. The molecule has 0 bridgehead atoms. The van der Waals surface area contributed by atoms with Crippen LogP contribution < -0.4 is 4.80 Å². The smallest absolute Gasteiger partial charge is 0.279 e. The standard InChI is InChI=1S/C22H27N3O3S2/c1-6-7-12-24(4)30(27,28)18-10-8-17(9-11-18)21(26)23-22-25(5)19-14-15(2)13-16(3)20(19)29-22/h8-11,13-14H,6-7,12H2,1-5H3. The summed E-state index contributed by atoms with van der Waals surface area (Å²) in [5.41, 5.74) is 3.71. The van der Waals surface area contributed by atoms with Crippen LogP contribution in [0.25, 0.3) is 10.2 Å². The van der Waals surface area contributed by atoms with Crippen molar-refractivity contribution >= 4 is 37.5 Å². The molecule has 1 amide bonds. The predicted octanol–water partition coefficient (Wildman–Crippen LogP) is 4.02. The molecule has 0 aliphatic heterocycles. The second-order valence-electron chi connectivity index (χ2n) is 7.50. The van der Waals surface area contributed by atoms with E-state index in [1.54, 1.807) is 7.05 Å². The summed E-state index contributed by atoms with van der Waals surface area (Å²) in [6, 6.07) is 10.2. The normalized spacial score (nSPS) is 12.8. The maximum Gasteiger partial charge on any atom is 0.279 e. The van der Waals surface area contributed by atoms with E-state index in [9.17, 15) is 13.2 Å². The van der Waals surface area contributed by atoms with E-state index in [4.69, 9.17) is 0 Å². The molecule has 1 heterocycles. The van der Waals surface area contributed by atoms with Crippen LogP contribution in [0.5, 0.6) is 0 Å². The zero-order valence-corrected chi connectivity index (χ0v) is 19.6. The van der Waals surface area contributed by atoms with Crippen LogP contribution in [0.2, 0.25) is 0 Å². The Morgan fingerprint density at radius 2 is 1.83 bits per heavy atom. The van der Waals surface area contributed by atoms with Gasteiger partial charge in [0.25, 0.3) is 5.91 Å². The average molecular weight is 446 g/mol. The Balaban J connectivity index is 1.91. The van der Waals surface area contributed by atoms with E-state index >= 15 is 0 Å². The first-order valence-electron chi connectivity index (χ1n) is 9.87. The summed E-state index contributed by atoms with van der Waals surface area (Å²) in [6.45, 7) is 6.58. The quantitative estimate of drug-likeness (QED) is 0.575. The van der Waals surface area contributed by atoms with Crippen molar-refractivity contribution in [3.8, 4) is 0 Å². The summed E-state index contributed by atoms with van der Waals surface area (Å²) in [7, 11) is -0.0877. The van der Waals surface area contributed by atoms with Crippen LogP contribution in [0.1, 0.15) is 41.3 Å². The molecule has 6 nitrogen and oxygen atoms in total. The number of benzene rings is 2. The van der Waals surface area contributed by atoms with Crippen LogP contribution in [0.4, 0.5) is 0 Å². The lowest BCUT2D eigenvalue weighted by Gasteiger charge is -2.16. The van der Waals surface area contributed by atoms with Crippen LogP contribution in [-0.4, -0.2) is 36.8 Å². The van der Waals surface area contributed by atoms with Gasteiger partial charge in [-0.2, -0.15) is 4.99 Å². The Kier molecular flexibility index (Phi) is 6.59. The highest BCUT2D eigenvalue weighted by molar-refractivity contribution is 7.89. The SMILES string of the molecule is CCCCN(C)S(=O)(=O)c1ccc(C(=O)N=c2sc3c(C)cc(C)cc3n2C)cc1. The molecule has 0 unspecified atom stereocenters. The van der Waals surface area contributed by atoms with Crippen LogP contribution in [0.15, 0.2) is 46.3 Å². The minimum Gasteiger partial charge on any atom is -0.319 e. The van der Waals surface area contributed by atoms with Crippen molar-refractivity contribution in [1.29, 1.82) is 0 Å². The number of rotatable bonds is 6. The van der Waals surface area contributed by atoms with Crippen LogP contribution >= 0.6 is 11.3 Å². The Bertz CT molecular complexity index is 1250. The van der Waals surface area contributed by atoms with E-state index in [1.807, 2.05) is 32.4 Å². The van der Waals surface area contributed by atoms with Crippen molar-refractivity contribution in [2.75, 3.05) is 13.6 Å². The van der Waals surface area contributed by atoms with Gasteiger partial charge in [-0.3, -0.25) is 4.79 Å². The van der Waals surface area contributed by atoms with E-state index in [-0.39, 0.29) is 4.90 Å². The second-order valence-corrected chi connectivity index (χ2v) is 10.5. The van der Waals surface area contributed by atoms with Crippen molar-refractivity contribution in [3.05, 3.63) is 57.9 Å². The molecule has 1 aromatic heterocycles. The maximum absolute atomic E-state index is 12.7. The molecule has 30 heavy (non-hydrogen) atoms. The molecule has 0 aliphatic rings. The lowest BCUT2D eigenvalue weighted by atomic mass is 10.1. The molecule has 0 radical (unpaired) electrons. The number of hydrogen-bond donors (Lipinski definition) is 0. The molecular formula is C22H27N3O3S2. The number of amides is 1. The minimum atomic E-state index is -3.56. The van der Waals surface area contributed by atoms with Gasteiger partial charge in [-0.05, 0) is 61.7 Å². The number of carbonyl (C=O) groups is 1. The summed E-state index contributed by atoms with van der Waals surface area (Å²) < 4.78 is 29.6. The second kappa shape index (κ2) is 8.83. The Hall–Kier alpha value is -2.29. The fraction of sp³-hybridized carbons (Fsp3) is 0.364. The van der Waals surface area contributed by atoms with E-state index in [0.29, 0.717) is 16.9 Å². The fourth-order valence-electron chi connectivity index (χ4n) is 3.28. The minimum absolute atomic E-state index is 0.177. The van der Waals surface area contributed by atoms with Gasteiger partial charge in [0.1, 0.15) is 0 Å². The van der Waals surface area contributed by atoms with Gasteiger partial charge < -0.3 is 4.57 Å². The highest BCUT2D eigenvalue weighted by Gasteiger charge is 2.20. The number of thiazole rings is 1. The molecule has 0 saturated heterocycles. The van der Waals surface area contributed by atoms with Gasteiger partial charge in [-0.25, -0.2) is 12.7 Å². The number of unbranched alkanes of at least 4 members (excludes halogenated alkanes) is 1. The van der Waals surface area contributed by atoms with Crippen molar-refractivity contribution in [2.24, 2.45) is 12.0 Å². The molecule has 2 aromatic carbocycles. The van der Waals surface area contributed by atoms with Gasteiger partial charge in [0.15, 0.2) is 4.80 Å². The van der Waals surface area contributed by atoms with Gasteiger partial charge in [0.2, 0.25) is 10.0 Å². The van der Waals surface area contributed by atoms with E-state index in [1.165, 1.54) is 39.9 Å². The van der Waals surface area contributed by atoms with Crippen molar-refractivity contribution in [3.63, 3.8) is 0 Å². The van der Waals surface area contributed by atoms with Crippen molar-refractivity contribution in [2.45, 2.75) is 38.5 Å². The molecule has 0 aliphatic carbocycles. The third-order valence-corrected chi connectivity index (χ3v) is 8.23. The van der Waals surface area contributed by atoms with E-state index in [2.05, 4.69) is 17.1 Å². The molecule has 0 spiro atoms. The summed E-state index contributed by atoms with van der Waals surface area (Å²) in [6.07, 6.45) is 1.72.